The van der Waals surface area contributed by atoms with Crippen LogP contribution >= 0.6 is 11.6 Å². The van der Waals surface area contributed by atoms with Crippen LogP contribution in [0.4, 0.5) is 0 Å². The second-order valence-electron chi connectivity index (χ2n) is 6.44. The van der Waals surface area contributed by atoms with Crippen LogP contribution < -0.4 is 0 Å². The molecular formula is C17H23ClN4O3S. The van der Waals surface area contributed by atoms with Crippen LogP contribution in [0.15, 0.2) is 35.5 Å². The van der Waals surface area contributed by atoms with Crippen LogP contribution in [-0.2, 0) is 23.6 Å². The van der Waals surface area contributed by atoms with Crippen molar-refractivity contribution in [1.29, 1.82) is 0 Å². The summed E-state index contributed by atoms with van der Waals surface area (Å²) in [5, 5.41) is 4.28. The van der Waals surface area contributed by atoms with E-state index >= 15 is 0 Å². The monoisotopic (exact) mass is 398 g/mol. The Morgan fingerprint density at radius 1 is 1.31 bits per heavy atom. The molecule has 0 bridgehead atoms. The minimum atomic E-state index is -3.70. The van der Waals surface area contributed by atoms with E-state index in [1.165, 1.54) is 34.5 Å². The van der Waals surface area contributed by atoms with Crippen molar-refractivity contribution in [2.75, 3.05) is 14.1 Å². The quantitative estimate of drug-likeness (QED) is 0.748. The highest BCUT2D eigenvalue weighted by atomic mass is 35.5. The van der Waals surface area contributed by atoms with Gasteiger partial charge in [-0.3, -0.25) is 9.48 Å². The maximum atomic E-state index is 12.8. The van der Waals surface area contributed by atoms with Crippen molar-refractivity contribution in [3.63, 3.8) is 0 Å². The topological polar surface area (TPSA) is 75.5 Å². The second-order valence-corrected chi connectivity index (χ2v) is 8.84. The van der Waals surface area contributed by atoms with Gasteiger partial charge in [-0.1, -0.05) is 11.6 Å². The first-order chi connectivity index (χ1) is 12.0. The SMILES string of the molecule is CC(C)N(C)S(=O)(=O)c1ccc(Cl)c(C(=O)N(C)Cc2cnn(C)c2)c1. The molecule has 0 aliphatic carbocycles. The molecule has 0 fully saturated rings. The summed E-state index contributed by atoms with van der Waals surface area (Å²) < 4.78 is 28.2. The van der Waals surface area contributed by atoms with Crippen molar-refractivity contribution in [3.8, 4) is 0 Å². The first kappa shape index (κ1) is 20.4. The van der Waals surface area contributed by atoms with Gasteiger partial charge in [-0.25, -0.2) is 8.42 Å². The third kappa shape index (κ3) is 4.25. The number of hydrogen-bond donors (Lipinski definition) is 0. The lowest BCUT2D eigenvalue weighted by atomic mass is 10.2. The van der Waals surface area contributed by atoms with Gasteiger partial charge in [0.2, 0.25) is 10.0 Å². The standard InChI is InChI=1S/C17H23ClN4O3S/c1-12(2)22(5)26(24,25)14-6-7-16(18)15(8-14)17(23)20(3)10-13-9-19-21(4)11-13/h6-9,11-12H,10H2,1-5H3. The molecule has 1 aromatic heterocycles. The zero-order valence-corrected chi connectivity index (χ0v) is 17.0. The van der Waals surface area contributed by atoms with Crippen molar-refractivity contribution in [1.82, 2.24) is 19.0 Å². The Bertz CT molecular complexity index is 908. The van der Waals surface area contributed by atoms with Gasteiger partial charge in [0.1, 0.15) is 0 Å². The molecule has 0 N–H and O–H groups in total. The van der Waals surface area contributed by atoms with E-state index in [1.807, 2.05) is 6.20 Å². The molecule has 0 saturated carbocycles. The van der Waals surface area contributed by atoms with E-state index in [0.717, 1.165) is 5.56 Å². The lowest BCUT2D eigenvalue weighted by Gasteiger charge is -2.22. The van der Waals surface area contributed by atoms with Gasteiger partial charge >= 0.3 is 0 Å². The fourth-order valence-corrected chi connectivity index (χ4v) is 3.97. The Hall–Kier alpha value is -1.90. The van der Waals surface area contributed by atoms with E-state index in [9.17, 15) is 13.2 Å². The molecule has 1 heterocycles. The van der Waals surface area contributed by atoms with Crippen LogP contribution in [0.2, 0.25) is 5.02 Å². The summed E-state index contributed by atoms with van der Waals surface area (Å²) in [4.78, 5) is 14.3. The first-order valence-corrected chi connectivity index (χ1v) is 9.86. The maximum Gasteiger partial charge on any atom is 0.255 e. The minimum Gasteiger partial charge on any atom is -0.337 e. The number of carbonyl (C=O) groups excluding carboxylic acids is 1. The lowest BCUT2D eigenvalue weighted by molar-refractivity contribution is 0.0785. The summed E-state index contributed by atoms with van der Waals surface area (Å²) in [6.07, 6.45) is 3.48. The van der Waals surface area contributed by atoms with Crippen LogP contribution in [0, 0.1) is 0 Å². The highest BCUT2D eigenvalue weighted by molar-refractivity contribution is 7.89. The first-order valence-electron chi connectivity index (χ1n) is 8.04. The molecule has 26 heavy (non-hydrogen) atoms. The highest BCUT2D eigenvalue weighted by Crippen LogP contribution is 2.24. The predicted molar refractivity (Wildman–Crippen MR) is 101 cm³/mol. The van der Waals surface area contributed by atoms with Crippen molar-refractivity contribution < 1.29 is 13.2 Å². The minimum absolute atomic E-state index is 0.0382. The van der Waals surface area contributed by atoms with Crippen LogP contribution in [0.5, 0.6) is 0 Å². The predicted octanol–water partition coefficient (Wildman–Crippen LogP) is 2.37. The molecule has 142 valence electrons. The zero-order valence-electron chi connectivity index (χ0n) is 15.5. The molecule has 0 aliphatic rings. The molecule has 0 radical (unpaired) electrons. The Balaban J connectivity index is 2.33. The van der Waals surface area contributed by atoms with E-state index < -0.39 is 10.0 Å². The summed E-state index contributed by atoms with van der Waals surface area (Å²) in [5.74, 6) is -0.358. The van der Waals surface area contributed by atoms with Crippen molar-refractivity contribution in [3.05, 3.63) is 46.7 Å². The van der Waals surface area contributed by atoms with E-state index in [1.54, 1.807) is 38.8 Å². The van der Waals surface area contributed by atoms with E-state index in [0.29, 0.717) is 6.54 Å². The van der Waals surface area contributed by atoms with E-state index in [2.05, 4.69) is 5.10 Å². The number of nitrogens with zero attached hydrogens (tertiary/aromatic N) is 4. The fourth-order valence-electron chi connectivity index (χ4n) is 2.38. The number of benzene rings is 1. The van der Waals surface area contributed by atoms with E-state index in [-0.39, 0.29) is 27.4 Å². The molecule has 0 aliphatic heterocycles. The molecule has 1 aromatic carbocycles. The van der Waals surface area contributed by atoms with E-state index in [4.69, 9.17) is 11.6 Å². The number of sulfonamides is 1. The van der Waals surface area contributed by atoms with Gasteiger partial charge in [0, 0.05) is 45.5 Å². The molecule has 1 amide bonds. The summed E-state index contributed by atoms with van der Waals surface area (Å²) >= 11 is 6.16. The van der Waals surface area contributed by atoms with Gasteiger partial charge in [-0.05, 0) is 32.0 Å². The number of aromatic nitrogens is 2. The van der Waals surface area contributed by atoms with Crippen molar-refractivity contribution >= 4 is 27.5 Å². The lowest BCUT2D eigenvalue weighted by Crippen LogP contribution is -2.33. The largest absolute Gasteiger partial charge is 0.337 e. The number of rotatable bonds is 6. The number of amides is 1. The number of aryl methyl sites for hydroxylation is 1. The van der Waals surface area contributed by atoms with Crippen molar-refractivity contribution in [2.45, 2.75) is 31.3 Å². The van der Waals surface area contributed by atoms with Gasteiger partial charge < -0.3 is 4.90 Å². The molecule has 7 nitrogen and oxygen atoms in total. The molecule has 0 spiro atoms. The molecule has 2 rings (SSSR count). The molecule has 0 saturated heterocycles. The van der Waals surface area contributed by atoms with Crippen LogP contribution in [-0.4, -0.2) is 53.4 Å². The third-order valence-corrected chi connectivity index (χ3v) is 6.46. The maximum absolute atomic E-state index is 12.8. The Kier molecular flexibility index (Phi) is 6.10. The molecular weight excluding hydrogens is 376 g/mol. The smallest absolute Gasteiger partial charge is 0.255 e. The number of hydrogen-bond acceptors (Lipinski definition) is 4. The van der Waals surface area contributed by atoms with Crippen LogP contribution in [0.25, 0.3) is 0 Å². The van der Waals surface area contributed by atoms with Crippen LogP contribution in [0.3, 0.4) is 0 Å². The number of halogens is 1. The zero-order chi connectivity index (χ0) is 19.6. The Morgan fingerprint density at radius 3 is 2.50 bits per heavy atom. The number of carbonyl (C=O) groups is 1. The average Bonchev–Trinajstić information content (AvgIpc) is 2.98. The molecule has 2 aromatic rings. The van der Waals surface area contributed by atoms with Crippen molar-refractivity contribution in [2.24, 2.45) is 7.05 Å². The molecule has 0 atom stereocenters. The molecule has 0 unspecified atom stereocenters. The normalized spacial score (nSPS) is 12.0. The third-order valence-electron chi connectivity index (χ3n) is 4.10. The van der Waals surface area contributed by atoms with Gasteiger partial charge in [0.05, 0.1) is 21.7 Å². The van der Waals surface area contributed by atoms with Gasteiger partial charge in [-0.15, -0.1) is 0 Å². The summed E-state index contributed by atoms with van der Waals surface area (Å²) in [6.45, 7) is 3.90. The van der Waals surface area contributed by atoms with Gasteiger partial charge in [0.15, 0.2) is 0 Å². The highest BCUT2D eigenvalue weighted by Gasteiger charge is 2.25. The Morgan fingerprint density at radius 2 is 1.96 bits per heavy atom. The van der Waals surface area contributed by atoms with Crippen LogP contribution in [0.1, 0.15) is 29.8 Å². The second kappa shape index (κ2) is 7.77. The summed E-state index contributed by atoms with van der Waals surface area (Å²) in [5.41, 5.74) is 1.01. The van der Waals surface area contributed by atoms with Gasteiger partial charge in [-0.2, -0.15) is 9.40 Å². The fraction of sp³-hybridized carbons (Fsp3) is 0.412. The average molecular weight is 399 g/mol. The Labute approximate surface area is 159 Å². The molecule has 9 heteroatoms. The van der Waals surface area contributed by atoms with Gasteiger partial charge in [0.25, 0.3) is 5.91 Å². The summed E-state index contributed by atoms with van der Waals surface area (Å²) in [7, 11) is 1.23. The summed E-state index contributed by atoms with van der Waals surface area (Å²) in [6, 6.07) is 3.98.